The van der Waals surface area contributed by atoms with Crippen molar-refractivity contribution in [3.05, 3.63) is 35.6 Å². The predicted octanol–water partition coefficient (Wildman–Crippen LogP) is 1.14. The summed E-state index contributed by atoms with van der Waals surface area (Å²) in [5.41, 5.74) is 0.887. The van der Waals surface area contributed by atoms with Crippen LogP contribution in [0.15, 0.2) is 24.3 Å². The van der Waals surface area contributed by atoms with Crippen LogP contribution in [0.25, 0.3) is 0 Å². The van der Waals surface area contributed by atoms with Crippen molar-refractivity contribution in [2.24, 2.45) is 11.8 Å². The van der Waals surface area contributed by atoms with E-state index in [2.05, 4.69) is 10.2 Å². The third-order valence-corrected chi connectivity index (χ3v) is 4.66. The zero-order valence-corrected chi connectivity index (χ0v) is 12.0. The molecule has 0 radical (unpaired) electrons. The first-order chi connectivity index (χ1) is 10.1. The first kappa shape index (κ1) is 14.5. The van der Waals surface area contributed by atoms with Crippen LogP contribution < -0.4 is 5.32 Å². The van der Waals surface area contributed by atoms with Crippen LogP contribution in [0.5, 0.6) is 0 Å². The average molecular weight is 292 g/mol. The van der Waals surface area contributed by atoms with Gasteiger partial charge in [0.1, 0.15) is 5.82 Å². The van der Waals surface area contributed by atoms with Crippen molar-refractivity contribution >= 4 is 5.91 Å². The Morgan fingerprint density at radius 3 is 2.76 bits per heavy atom. The number of hydrogen-bond donors (Lipinski definition) is 2. The molecule has 3 rings (SSSR count). The highest BCUT2D eigenvalue weighted by molar-refractivity contribution is 5.78. The highest BCUT2D eigenvalue weighted by Crippen LogP contribution is 2.37. The summed E-state index contributed by atoms with van der Waals surface area (Å²) in [5.74, 6) is 0.598. The normalized spacial score (nSPS) is 28.6. The maximum Gasteiger partial charge on any atom is 0.234 e. The smallest absolute Gasteiger partial charge is 0.234 e. The zero-order valence-electron chi connectivity index (χ0n) is 12.0. The van der Waals surface area contributed by atoms with Crippen molar-refractivity contribution in [2.45, 2.75) is 25.5 Å². The molecule has 3 unspecified atom stereocenters. The van der Waals surface area contributed by atoms with Gasteiger partial charge in [-0.1, -0.05) is 12.1 Å². The predicted molar refractivity (Wildman–Crippen MR) is 76.9 cm³/mol. The highest BCUT2D eigenvalue weighted by Gasteiger charge is 2.41. The van der Waals surface area contributed by atoms with Gasteiger partial charge in [-0.3, -0.25) is 9.69 Å². The fourth-order valence-corrected chi connectivity index (χ4v) is 3.52. The van der Waals surface area contributed by atoms with Crippen LogP contribution in [0.2, 0.25) is 0 Å². The Hall–Kier alpha value is -1.46. The van der Waals surface area contributed by atoms with Gasteiger partial charge in [0.05, 0.1) is 12.6 Å². The summed E-state index contributed by atoms with van der Waals surface area (Å²) in [5, 5.41) is 12.7. The number of fused-ring (bicyclic) bond motifs is 1. The molecule has 4 nitrogen and oxygen atoms in total. The standard InChI is InChI=1S/C16H21FN2O2/c17-13-4-1-11(2-5-13)7-18-16(21)10-19-8-12-3-6-15(20)14(12)9-19/h1-2,4-5,12,14-15,20H,3,6-10H2,(H,18,21). The molecule has 1 heterocycles. The van der Waals surface area contributed by atoms with E-state index < -0.39 is 0 Å². The molecule has 1 saturated carbocycles. The first-order valence-electron chi connectivity index (χ1n) is 7.53. The second kappa shape index (κ2) is 6.12. The van der Waals surface area contributed by atoms with Gasteiger partial charge in [-0.15, -0.1) is 0 Å². The summed E-state index contributed by atoms with van der Waals surface area (Å²) in [6, 6.07) is 6.13. The molecular weight excluding hydrogens is 271 g/mol. The second-order valence-electron chi connectivity index (χ2n) is 6.17. The van der Waals surface area contributed by atoms with E-state index >= 15 is 0 Å². The third-order valence-electron chi connectivity index (χ3n) is 4.66. The number of amides is 1. The van der Waals surface area contributed by atoms with Gasteiger partial charge < -0.3 is 10.4 Å². The molecule has 1 aliphatic carbocycles. The molecule has 2 fully saturated rings. The summed E-state index contributed by atoms with van der Waals surface area (Å²) in [7, 11) is 0. The first-order valence-corrected chi connectivity index (χ1v) is 7.53. The summed E-state index contributed by atoms with van der Waals surface area (Å²) >= 11 is 0. The van der Waals surface area contributed by atoms with E-state index in [0.717, 1.165) is 31.5 Å². The number of halogens is 1. The Labute approximate surface area is 124 Å². The maximum atomic E-state index is 12.8. The van der Waals surface area contributed by atoms with E-state index in [1.165, 1.54) is 12.1 Å². The van der Waals surface area contributed by atoms with Crippen molar-refractivity contribution < 1.29 is 14.3 Å². The minimum atomic E-state index is -0.271. The van der Waals surface area contributed by atoms with Gasteiger partial charge >= 0.3 is 0 Å². The van der Waals surface area contributed by atoms with E-state index in [0.29, 0.717) is 24.9 Å². The fraction of sp³-hybridized carbons (Fsp3) is 0.562. The summed E-state index contributed by atoms with van der Waals surface area (Å²) < 4.78 is 12.8. The van der Waals surface area contributed by atoms with Gasteiger partial charge in [0, 0.05) is 25.6 Å². The molecule has 21 heavy (non-hydrogen) atoms. The van der Waals surface area contributed by atoms with Crippen molar-refractivity contribution in [3.8, 4) is 0 Å². The summed E-state index contributed by atoms with van der Waals surface area (Å²) in [6.07, 6.45) is 1.78. The lowest BCUT2D eigenvalue weighted by atomic mass is 10.00. The van der Waals surface area contributed by atoms with Crippen LogP contribution in [-0.2, 0) is 11.3 Å². The SMILES string of the molecule is O=C(CN1CC2CCC(O)C2C1)NCc1ccc(F)cc1. The molecule has 3 atom stereocenters. The number of rotatable bonds is 4. The largest absolute Gasteiger partial charge is 0.393 e. The minimum absolute atomic E-state index is 0.0196. The Bertz CT molecular complexity index is 506. The lowest BCUT2D eigenvalue weighted by Crippen LogP contribution is -2.36. The van der Waals surface area contributed by atoms with Crippen LogP contribution in [0, 0.1) is 17.7 Å². The van der Waals surface area contributed by atoms with Crippen LogP contribution in [-0.4, -0.2) is 41.7 Å². The number of nitrogens with zero attached hydrogens (tertiary/aromatic N) is 1. The molecule has 0 aromatic heterocycles. The van der Waals surface area contributed by atoms with Crippen LogP contribution >= 0.6 is 0 Å². The Morgan fingerprint density at radius 1 is 1.29 bits per heavy atom. The minimum Gasteiger partial charge on any atom is -0.393 e. The Morgan fingerprint density at radius 2 is 2.05 bits per heavy atom. The Kier molecular flexibility index (Phi) is 4.22. The quantitative estimate of drug-likeness (QED) is 0.875. The molecule has 0 bridgehead atoms. The number of carbonyl (C=O) groups excluding carboxylic acids is 1. The highest BCUT2D eigenvalue weighted by atomic mass is 19.1. The Balaban J connectivity index is 1.44. The number of benzene rings is 1. The monoisotopic (exact) mass is 292 g/mol. The van der Waals surface area contributed by atoms with Crippen LogP contribution in [0.3, 0.4) is 0 Å². The molecule has 1 amide bonds. The number of aliphatic hydroxyl groups is 1. The lowest BCUT2D eigenvalue weighted by Gasteiger charge is -2.17. The van der Waals surface area contributed by atoms with Gasteiger partial charge in [0.2, 0.25) is 5.91 Å². The van der Waals surface area contributed by atoms with Gasteiger partial charge in [-0.25, -0.2) is 4.39 Å². The van der Waals surface area contributed by atoms with Crippen molar-refractivity contribution in [1.82, 2.24) is 10.2 Å². The topological polar surface area (TPSA) is 52.6 Å². The second-order valence-corrected chi connectivity index (χ2v) is 6.17. The number of hydrogen-bond acceptors (Lipinski definition) is 3. The number of carbonyl (C=O) groups is 1. The van der Waals surface area contributed by atoms with E-state index in [1.807, 2.05) is 0 Å². The fourth-order valence-electron chi connectivity index (χ4n) is 3.52. The molecule has 0 spiro atoms. The molecule has 1 aromatic rings. The zero-order chi connectivity index (χ0) is 14.8. The molecular formula is C16H21FN2O2. The van der Waals surface area contributed by atoms with Crippen LogP contribution in [0.1, 0.15) is 18.4 Å². The van der Waals surface area contributed by atoms with E-state index in [4.69, 9.17) is 0 Å². The van der Waals surface area contributed by atoms with Crippen molar-refractivity contribution in [2.75, 3.05) is 19.6 Å². The van der Waals surface area contributed by atoms with E-state index in [-0.39, 0.29) is 17.8 Å². The molecule has 114 valence electrons. The maximum absolute atomic E-state index is 12.8. The van der Waals surface area contributed by atoms with Gasteiger partial charge in [-0.2, -0.15) is 0 Å². The van der Waals surface area contributed by atoms with Crippen molar-refractivity contribution in [1.29, 1.82) is 0 Å². The van der Waals surface area contributed by atoms with Crippen molar-refractivity contribution in [3.63, 3.8) is 0 Å². The van der Waals surface area contributed by atoms with Gasteiger partial charge in [0.15, 0.2) is 0 Å². The number of aliphatic hydroxyl groups excluding tert-OH is 1. The number of nitrogens with one attached hydrogen (secondary N) is 1. The molecule has 2 N–H and O–H groups in total. The van der Waals surface area contributed by atoms with Gasteiger partial charge in [-0.05, 0) is 36.5 Å². The molecule has 1 saturated heterocycles. The van der Waals surface area contributed by atoms with Crippen LogP contribution in [0.4, 0.5) is 4.39 Å². The van der Waals surface area contributed by atoms with E-state index in [1.54, 1.807) is 12.1 Å². The van der Waals surface area contributed by atoms with E-state index in [9.17, 15) is 14.3 Å². The lowest BCUT2D eigenvalue weighted by molar-refractivity contribution is -0.122. The molecule has 5 heteroatoms. The summed E-state index contributed by atoms with van der Waals surface area (Å²) in [4.78, 5) is 14.1. The van der Waals surface area contributed by atoms with Gasteiger partial charge in [0.25, 0.3) is 0 Å². The summed E-state index contributed by atoms with van der Waals surface area (Å²) in [6.45, 7) is 2.52. The molecule has 1 aliphatic heterocycles. The molecule has 2 aliphatic rings. The number of likely N-dealkylation sites (tertiary alicyclic amines) is 1. The third kappa shape index (κ3) is 3.41. The average Bonchev–Trinajstić information content (AvgIpc) is 3.00. The molecule has 1 aromatic carbocycles.